The quantitative estimate of drug-likeness (QED) is 0.338. The molecule has 4 fully saturated rings. The highest BCUT2D eigenvalue weighted by Gasteiger charge is 2.45. The molecule has 0 saturated carbocycles. The number of nitrogens with two attached hydrogens (primary N) is 1. The number of hydrogen-bond acceptors (Lipinski definition) is 10. The first-order chi connectivity index (χ1) is 23.2. The number of ether oxygens (including phenoxy) is 1. The van der Waals surface area contributed by atoms with Gasteiger partial charge < -0.3 is 25.2 Å². The molecular formula is C36H47N7O5. The van der Waals surface area contributed by atoms with Crippen LogP contribution in [0.4, 0.5) is 17.1 Å². The van der Waals surface area contributed by atoms with E-state index in [9.17, 15) is 19.2 Å². The van der Waals surface area contributed by atoms with Gasteiger partial charge in [-0.1, -0.05) is 0 Å². The van der Waals surface area contributed by atoms with Gasteiger partial charge in [-0.15, -0.1) is 0 Å². The van der Waals surface area contributed by atoms with Crippen LogP contribution in [0.3, 0.4) is 0 Å². The molecule has 7 rings (SSSR count). The molecule has 0 radical (unpaired) electrons. The molecule has 0 aliphatic carbocycles. The molecule has 4 amide bonds. The van der Waals surface area contributed by atoms with Crippen LogP contribution in [0.1, 0.15) is 64.8 Å². The van der Waals surface area contributed by atoms with Crippen molar-refractivity contribution in [1.82, 2.24) is 20.0 Å². The number of likely N-dealkylation sites (tertiary alicyclic amines) is 1. The zero-order valence-corrected chi connectivity index (χ0v) is 28.1. The lowest BCUT2D eigenvalue weighted by Crippen LogP contribution is -2.54. The fourth-order valence-corrected chi connectivity index (χ4v) is 8.41. The van der Waals surface area contributed by atoms with E-state index in [0.29, 0.717) is 28.8 Å². The fourth-order valence-electron chi connectivity index (χ4n) is 8.41. The van der Waals surface area contributed by atoms with Gasteiger partial charge in [0.2, 0.25) is 11.8 Å². The van der Waals surface area contributed by atoms with Crippen molar-refractivity contribution in [1.29, 1.82) is 0 Å². The third-order valence-corrected chi connectivity index (χ3v) is 11.2. The predicted octanol–water partition coefficient (Wildman–Crippen LogP) is 2.49. The standard InChI is InChI=1S/C36H47N7O5/c1-23-19-29(37)32(48-2)21-31(23)42-17-15-41(16-18-42)25-9-11-39(12-10-25)22-24-7-13-40(14-8-24)26-3-4-27-28(20-26)36(47)43(35(27)46)30-5-6-33(44)38-34(30)45/h3-4,19-21,24-25,30H,5-18,22,37H2,1-2H3,(H,38,44,45). The Morgan fingerprint density at radius 2 is 1.52 bits per heavy atom. The van der Waals surface area contributed by atoms with Crippen molar-refractivity contribution in [3.63, 3.8) is 0 Å². The first-order valence-corrected chi connectivity index (χ1v) is 17.5. The smallest absolute Gasteiger partial charge is 0.262 e. The van der Waals surface area contributed by atoms with Crippen LogP contribution in [0.15, 0.2) is 30.3 Å². The molecule has 48 heavy (non-hydrogen) atoms. The minimum atomic E-state index is -0.945. The second kappa shape index (κ2) is 13.4. The number of aryl methyl sites for hydroxylation is 1. The summed E-state index contributed by atoms with van der Waals surface area (Å²) >= 11 is 0. The molecule has 4 saturated heterocycles. The van der Waals surface area contributed by atoms with Crippen molar-refractivity contribution in [2.45, 2.75) is 57.5 Å². The predicted molar refractivity (Wildman–Crippen MR) is 183 cm³/mol. The molecule has 1 atom stereocenters. The number of piperidine rings is 3. The Balaban J connectivity index is 0.865. The molecule has 1 unspecified atom stereocenters. The minimum absolute atomic E-state index is 0.113. The Kier molecular flexibility index (Phi) is 9.04. The molecule has 12 nitrogen and oxygen atoms in total. The number of carbonyl (C=O) groups is 4. The molecule has 12 heteroatoms. The number of piperazine rings is 1. The third-order valence-electron chi connectivity index (χ3n) is 11.2. The monoisotopic (exact) mass is 657 g/mol. The molecule has 2 aromatic rings. The first-order valence-electron chi connectivity index (χ1n) is 17.5. The Bertz CT molecular complexity index is 1590. The van der Waals surface area contributed by atoms with Gasteiger partial charge in [0.1, 0.15) is 11.8 Å². The lowest BCUT2D eigenvalue weighted by molar-refractivity contribution is -0.136. The molecule has 5 aliphatic heterocycles. The second-order valence-electron chi connectivity index (χ2n) is 14.0. The first kappa shape index (κ1) is 32.4. The number of nitrogen functional groups attached to an aromatic ring is 1. The number of fused-ring (bicyclic) bond motifs is 1. The van der Waals surface area contributed by atoms with E-state index in [2.05, 4.69) is 37.9 Å². The molecule has 5 heterocycles. The van der Waals surface area contributed by atoms with Gasteiger partial charge in [-0.25, -0.2) is 0 Å². The maximum absolute atomic E-state index is 13.3. The summed E-state index contributed by atoms with van der Waals surface area (Å²) in [6, 6.07) is 9.22. The number of rotatable bonds is 7. The van der Waals surface area contributed by atoms with Gasteiger partial charge in [-0.3, -0.25) is 34.3 Å². The zero-order chi connectivity index (χ0) is 33.5. The fraction of sp³-hybridized carbons (Fsp3) is 0.556. The number of amides is 4. The summed E-state index contributed by atoms with van der Waals surface area (Å²) in [5.41, 5.74) is 10.8. The van der Waals surface area contributed by atoms with E-state index in [4.69, 9.17) is 10.5 Å². The van der Waals surface area contributed by atoms with Crippen LogP contribution in [0.2, 0.25) is 0 Å². The Morgan fingerprint density at radius 3 is 2.21 bits per heavy atom. The maximum Gasteiger partial charge on any atom is 0.262 e. The lowest BCUT2D eigenvalue weighted by Gasteiger charge is -2.44. The normalized spacial score (nSPS) is 23.5. The number of benzene rings is 2. The van der Waals surface area contributed by atoms with Crippen molar-refractivity contribution in [3.8, 4) is 5.75 Å². The van der Waals surface area contributed by atoms with Crippen LogP contribution in [0.5, 0.6) is 5.75 Å². The van der Waals surface area contributed by atoms with E-state index in [1.807, 2.05) is 12.1 Å². The molecule has 0 spiro atoms. The average molecular weight is 658 g/mol. The summed E-state index contributed by atoms with van der Waals surface area (Å²) in [6.07, 6.45) is 4.87. The summed E-state index contributed by atoms with van der Waals surface area (Å²) < 4.78 is 5.48. The SMILES string of the molecule is COc1cc(N2CCN(C3CCN(CC4CCN(c5ccc6c(c5)C(=O)N(C5CCC(=O)NC5=O)C6=O)CC4)CC3)CC2)c(C)cc1N. The molecule has 0 bridgehead atoms. The van der Waals surface area contributed by atoms with Crippen LogP contribution < -0.4 is 25.6 Å². The minimum Gasteiger partial charge on any atom is -0.495 e. The van der Waals surface area contributed by atoms with Gasteiger partial charge >= 0.3 is 0 Å². The van der Waals surface area contributed by atoms with Gasteiger partial charge in [-0.05, 0) is 87.9 Å². The van der Waals surface area contributed by atoms with E-state index in [-0.39, 0.29) is 18.7 Å². The highest BCUT2D eigenvalue weighted by Crippen LogP contribution is 2.34. The summed E-state index contributed by atoms with van der Waals surface area (Å²) in [4.78, 5) is 61.5. The van der Waals surface area contributed by atoms with Crippen molar-refractivity contribution in [2.24, 2.45) is 5.92 Å². The van der Waals surface area contributed by atoms with Gasteiger partial charge in [0.25, 0.3) is 11.8 Å². The Morgan fingerprint density at radius 1 is 0.812 bits per heavy atom. The van der Waals surface area contributed by atoms with Crippen LogP contribution in [0, 0.1) is 12.8 Å². The van der Waals surface area contributed by atoms with Gasteiger partial charge in [0, 0.05) is 75.7 Å². The topological polar surface area (TPSA) is 132 Å². The van der Waals surface area contributed by atoms with E-state index in [0.717, 1.165) is 88.1 Å². The van der Waals surface area contributed by atoms with E-state index >= 15 is 0 Å². The molecule has 3 N–H and O–H groups in total. The highest BCUT2D eigenvalue weighted by atomic mass is 16.5. The average Bonchev–Trinajstić information content (AvgIpc) is 3.34. The number of nitrogens with zero attached hydrogens (tertiary/aromatic N) is 5. The summed E-state index contributed by atoms with van der Waals surface area (Å²) in [6.45, 7) is 11.5. The zero-order valence-electron chi connectivity index (χ0n) is 28.1. The number of imide groups is 2. The Hall–Kier alpha value is -4.16. The van der Waals surface area contributed by atoms with Gasteiger partial charge in [0.15, 0.2) is 0 Å². The van der Waals surface area contributed by atoms with Crippen molar-refractivity contribution in [3.05, 3.63) is 47.0 Å². The number of anilines is 3. The molecule has 2 aromatic carbocycles. The molecule has 256 valence electrons. The molecule has 0 aromatic heterocycles. The molecule has 5 aliphatic rings. The van der Waals surface area contributed by atoms with E-state index < -0.39 is 23.8 Å². The lowest BCUT2D eigenvalue weighted by atomic mass is 9.93. The summed E-state index contributed by atoms with van der Waals surface area (Å²) in [5.74, 6) is -0.493. The van der Waals surface area contributed by atoms with Crippen LogP contribution in [0.25, 0.3) is 0 Å². The summed E-state index contributed by atoms with van der Waals surface area (Å²) in [5, 5.41) is 2.25. The highest BCUT2D eigenvalue weighted by molar-refractivity contribution is 6.23. The van der Waals surface area contributed by atoms with Crippen LogP contribution in [-0.2, 0) is 9.59 Å². The largest absolute Gasteiger partial charge is 0.495 e. The van der Waals surface area contributed by atoms with Crippen LogP contribution >= 0.6 is 0 Å². The van der Waals surface area contributed by atoms with Crippen molar-refractivity contribution >= 4 is 40.7 Å². The third kappa shape index (κ3) is 6.23. The Labute approximate surface area is 282 Å². The van der Waals surface area contributed by atoms with Crippen molar-refractivity contribution < 1.29 is 23.9 Å². The maximum atomic E-state index is 13.3. The summed E-state index contributed by atoms with van der Waals surface area (Å²) in [7, 11) is 1.67. The second-order valence-corrected chi connectivity index (χ2v) is 14.0. The van der Waals surface area contributed by atoms with Crippen LogP contribution in [-0.4, -0.2) is 116 Å². The number of carbonyl (C=O) groups excluding carboxylic acids is 4. The van der Waals surface area contributed by atoms with E-state index in [1.54, 1.807) is 19.2 Å². The number of methoxy groups -OCH3 is 1. The van der Waals surface area contributed by atoms with Gasteiger partial charge in [0.05, 0.1) is 23.9 Å². The molecular weight excluding hydrogens is 610 g/mol. The number of hydrogen-bond donors (Lipinski definition) is 2. The number of nitrogens with one attached hydrogen (secondary N) is 1. The van der Waals surface area contributed by atoms with E-state index in [1.165, 1.54) is 24.1 Å². The van der Waals surface area contributed by atoms with Crippen molar-refractivity contribution in [2.75, 3.05) is 81.5 Å². The van der Waals surface area contributed by atoms with Gasteiger partial charge in [-0.2, -0.15) is 0 Å².